The molecule has 7 heterocycles. The number of nitrogens with one attached hydrogen (secondary N) is 10. The molecule has 12 rings (SSSR count). The summed E-state index contributed by atoms with van der Waals surface area (Å²) in [6, 6.07) is 7.06. The number of hydrogen-bond acceptors (Lipinski definition) is 20. The number of amides is 11. The van der Waals surface area contributed by atoms with Gasteiger partial charge in [0.2, 0.25) is 58.7 Å². The van der Waals surface area contributed by atoms with Crippen LogP contribution in [0.3, 0.4) is 0 Å². The number of ether oxygens (including phenoxy) is 1. The van der Waals surface area contributed by atoms with Gasteiger partial charge in [0, 0.05) is 156 Å². The number of nitrogens with zero attached hydrogens (tertiary/aromatic N) is 14. The molecule has 0 spiro atoms. The van der Waals surface area contributed by atoms with Crippen molar-refractivity contribution in [2.75, 3.05) is 79.1 Å². The molecule has 1 aromatic carbocycles. The van der Waals surface area contributed by atoms with Crippen molar-refractivity contribution in [2.45, 2.75) is 63.0 Å². The van der Waals surface area contributed by atoms with E-state index in [9.17, 15) is 52.7 Å². The summed E-state index contributed by atoms with van der Waals surface area (Å²) in [5, 5.41) is 26.7. The Morgan fingerprint density at radius 2 is 0.951 bits per heavy atom. The molecular formula is C64H77ClN24O12S. The van der Waals surface area contributed by atoms with Gasteiger partial charge in [-0.05, 0) is 79.5 Å². The van der Waals surface area contributed by atoms with Crippen LogP contribution >= 0.6 is 23.4 Å². The second-order valence-corrected chi connectivity index (χ2v) is 26.9. The van der Waals surface area contributed by atoms with Gasteiger partial charge in [0.15, 0.2) is 40.1 Å². The number of aryl methyl sites for hydroxylation is 6. The van der Waals surface area contributed by atoms with E-state index >= 15 is 0 Å². The zero-order valence-corrected chi connectivity index (χ0v) is 58.2. The predicted octanol–water partition coefficient (Wildman–Crippen LogP) is 2.23. The first-order valence-electron chi connectivity index (χ1n) is 32.8. The molecule has 4 aliphatic carbocycles. The summed E-state index contributed by atoms with van der Waals surface area (Å²) in [5.74, 6) is -3.34. The molecule has 4 saturated carbocycles. The molecule has 1 aliphatic heterocycles. The van der Waals surface area contributed by atoms with Crippen molar-refractivity contribution in [1.29, 1.82) is 0 Å². The van der Waals surface area contributed by atoms with Crippen molar-refractivity contribution in [1.82, 2.24) is 88.8 Å². The first-order valence-corrected chi connectivity index (χ1v) is 34.1. The zero-order chi connectivity index (χ0) is 72.5. The number of aromatic nitrogens is 12. The lowest BCUT2D eigenvalue weighted by atomic mass is 9.78. The topological polar surface area (TPSA) is 440 Å². The van der Waals surface area contributed by atoms with Gasteiger partial charge >= 0.3 is 0 Å². The Labute approximate surface area is 592 Å². The number of halogens is 1. The molecule has 538 valence electrons. The quantitative estimate of drug-likeness (QED) is 0.0279. The van der Waals surface area contributed by atoms with Gasteiger partial charge in [-0.15, -0.1) is 0 Å². The molecule has 11 amide bonds. The van der Waals surface area contributed by atoms with Gasteiger partial charge in [-0.3, -0.25) is 57.6 Å². The number of hydrogen-bond donors (Lipinski definition) is 10. The second-order valence-electron chi connectivity index (χ2n) is 25.3. The number of amidine groups is 1. The lowest BCUT2D eigenvalue weighted by molar-refractivity contribution is -0.130. The van der Waals surface area contributed by atoms with Crippen LogP contribution in [0, 0.1) is 23.2 Å². The molecule has 5 fully saturated rings. The highest BCUT2D eigenvalue weighted by molar-refractivity contribution is 8.15. The number of benzene rings is 1. The van der Waals surface area contributed by atoms with Crippen molar-refractivity contribution in [2.24, 2.45) is 70.4 Å². The number of thioether (sulfide) groups is 1. The molecule has 3 atom stereocenters. The first-order chi connectivity index (χ1) is 48.8. The zero-order valence-electron chi connectivity index (χ0n) is 56.6. The van der Waals surface area contributed by atoms with Crippen LogP contribution in [0.25, 0.3) is 0 Å². The van der Waals surface area contributed by atoms with Gasteiger partial charge in [0.1, 0.15) is 0 Å². The lowest BCUT2D eigenvalue weighted by Crippen LogP contribution is -2.48. The Morgan fingerprint density at radius 3 is 1.38 bits per heavy atom. The summed E-state index contributed by atoms with van der Waals surface area (Å²) in [5.41, 5.74) is 0.962. The largest absolute Gasteiger partial charge is 0.378 e. The Hall–Kier alpha value is -11.1. The molecule has 0 radical (unpaired) electrons. The fourth-order valence-electron chi connectivity index (χ4n) is 13.2. The molecule has 6 aromatic heterocycles. The Kier molecular flexibility index (Phi) is 22.4. The van der Waals surface area contributed by atoms with Gasteiger partial charge < -0.3 is 85.3 Å². The van der Waals surface area contributed by atoms with Crippen LogP contribution in [0.1, 0.15) is 122 Å². The van der Waals surface area contributed by atoms with Gasteiger partial charge in [-0.25, -0.2) is 34.9 Å². The minimum Gasteiger partial charge on any atom is -0.378 e. The molecule has 1 saturated heterocycles. The Balaban J connectivity index is 0.539. The highest BCUT2D eigenvalue weighted by Crippen LogP contribution is 2.71. The van der Waals surface area contributed by atoms with Gasteiger partial charge in [0.05, 0.1) is 24.2 Å². The highest BCUT2D eigenvalue weighted by atomic mass is 35.5. The smallest absolute Gasteiger partial charge is 0.292 e. The summed E-state index contributed by atoms with van der Waals surface area (Å²) in [7, 11) is 9.33. The maximum absolute atomic E-state index is 13.7. The van der Waals surface area contributed by atoms with E-state index in [1.165, 1.54) is 123 Å². The molecule has 38 heteroatoms. The van der Waals surface area contributed by atoms with E-state index in [1.807, 2.05) is 0 Å². The van der Waals surface area contributed by atoms with E-state index < -0.39 is 52.5 Å². The lowest BCUT2D eigenvalue weighted by Gasteiger charge is -2.35. The molecule has 102 heavy (non-hydrogen) atoms. The molecule has 3 unspecified atom stereocenters. The van der Waals surface area contributed by atoms with Crippen molar-refractivity contribution in [3.05, 3.63) is 108 Å². The normalized spacial score (nSPS) is 18.3. The number of imidazole rings is 6. The molecule has 36 nitrogen and oxygen atoms in total. The summed E-state index contributed by atoms with van der Waals surface area (Å²) in [6.45, 7) is 0.995. The number of rotatable bonds is 31. The van der Waals surface area contributed by atoms with E-state index in [2.05, 4.69) is 83.1 Å². The first kappa shape index (κ1) is 72.2. The van der Waals surface area contributed by atoms with Crippen LogP contribution in [0.2, 0.25) is 5.02 Å². The van der Waals surface area contributed by atoms with Crippen molar-refractivity contribution < 1.29 is 57.5 Å². The third-order valence-corrected chi connectivity index (χ3v) is 19.5. The van der Waals surface area contributed by atoms with E-state index in [1.54, 1.807) is 56.5 Å². The van der Waals surface area contributed by atoms with Crippen molar-refractivity contribution >= 4 is 128 Å². The minimum absolute atomic E-state index is 0.00641. The summed E-state index contributed by atoms with van der Waals surface area (Å²) in [6.07, 6.45) is 15.8. The number of aliphatic imine (C=N–C) groups is 1. The Morgan fingerprint density at radius 1 is 0.529 bits per heavy atom. The second kappa shape index (κ2) is 31.6. The monoisotopic (exact) mass is 1440 g/mol. The molecule has 5 aliphatic rings. The van der Waals surface area contributed by atoms with Crippen molar-refractivity contribution in [3.8, 4) is 0 Å². The number of carbonyl (C=O) groups is 11. The summed E-state index contributed by atoms with van der Waals surface area (Å²) < 4.78 is 14.0. The third-order valence-electron chi connectivity index (χ3n) is 18.1. The van der Waals surface area contributed by atoms with Crippen molar-refractivity contribution in [3.63, 3.8) is 0 Å². The highest BCUT2D eigenvalue weighted by Gasteiger charge is 2.62. The van der Waals surface area contributed by atoms with E-state index in [4.69, 9.17) is 21.3 Å². The fourth-order valence-corrected chi connectivity index (χ4v) is 14.5. The Bertz CT molecular complexity index is 4420. The molecular weight excluding hydrogens is 1360 g/mol. The van der Waals surface area contributed by atoms with Crippen LogP contribution in [-0.4, -0.2) is 190 Å². The van der Waals surface area contributed by atoms with Gasteiger partial charge in [-0.2, -0.15) is 0 Å². The summed E-state index contributed by atoms with van der Waals surface area (Å²) in [4.78, 5) is 175. The number of carbonyl (C=O) groups excluding carboxylic acids is 11. The maximum Gasteiger partial charge on any atom is 0.292 e. The fraction of sp³-hybridized carbons (Fsp3) is 0.438. The predicted molar refractivity (Wildman–Crippen MR) is 370 cm³/mol. The molecule has 10 N–H and O–H groups in total. The van der Waals surface area contributed by atoms with Crippen LogP contribution in [0.15, 0.2) is 72.6 Å². The van der Waals surface area contributed by atoms with E-state index in [0.717, 1.165) is 24.2 Å². The molecule has 4 bridgehead atoms. The van der Waals surface area contributed by atoms with E-state index in [-0.39, 0.29) is 153 Å². The minimum atomic E-state index is -0.721. The summed E-state index contributed by atoms with van der Waals surface area (Å²) >= 11 is 7.42. The number of anilines is 5. The van der Waals surface area contributed by atoms with Crippen LogP contribution in [0.5, 0.6) is 0 Å². The van der Waals surface area contributed by atoms with E-state index in [0.29, 0.717) is 27.8 Å². The van der Waals surface area contributed by atoms with Crippen LogP contribution < -0.4 is 53.2 Å². The standard InChI is InChI=1S/C64H77ClN24O12S/c1-83-22-18-67-50(83)60(98)80-43-32-84(2)52(77-43)58(96)69-16-12-47(91)73-41-31-88(6)55(76-41)62(100)82-45-34-86(4)53(79-45)59(97)70-17-13-48(92)74-42-30-87(5)54(75-42)61(99)81-44-33-85(3)51(78-44)57(95)68-15-11-46(90)66-19-23-101-24-20-71-56(94)40-27-49(93)89(63(102-40)72-39-9-7-38(65)8-10-39)21-14-64-28-35-25-37(64)26-36(35)29-64/h7-10,18,22,30-37,40H,11-17,19-21,23-29H2,1-6H3,(H,66,90)(H,68,95)(H,69,96)(H,70,97)(H,71,94)(H,73,91)(H,74,92)(H,80,98)(H,81,99)(H,82,100)/b72-63-. The SMILES string of the molecule is Cn1cc(NC(=O)c2nccn2C)nc1C(=O)NCCC(=O)Nc1cn(C)c(C(=O)Nc2cn(C)c(C(=O)NCCC(=O)Nc3cn(C)c(C(=O)Nc4cn(C)c(C(=O)NCCC(=O)NCCOCCNC(=O)C5CC(=O)N(CCC67CC8CC6CC8C7)/C(=N/c6ccc(Cl)cc6)S5)n4)n3)n2)n1. The average Bonchev–Trinajstić information content (AvgIpc) is 1.55. The van der Waals surface area contributed by atoms with Crippen LogP contribution in [0.4, 0.5) is 34.8 Å². The average molecular weight is 1440 g/mol. The van der Waals surface area contributed by atoms with Crippen LogP contribution in [-0.2, 0) is 71.0 Å². The van der Waals surface area contributed by atoms with Gasteiger partial charge in [-0.1, -0.05) is 23.4 Å². The molecule has 7 aromatic rings. The maximum atomic E-state index is 13.7. The van der Waals surface area contributed by atoms with Gasteiger partial charge in [0.25, 0.3) is 35.4 Å². The third kappa shape index (κ3) is 17.4.